The number of para-hydroxylation sites is 1. The van der Waals surface area contributed by atoms with Crippen molar-refractivity contribution in [1.82, 2.24) is 4.98 Å². The number of nitrogens with zero attached hydrogens (tertiary/aromatic N) is 1. The van der Waals surface area contributed by atoms with Crippen molar-refractivity contribution in [3.05, 3.63) is 69.9 Å². The first kappa shape index (κ1) is 15.4. The van der Waals surface area contributed by atoms with Crippen molar-refractivity contribution in [2.75, 3.05) is 0 Å². The molecule has 2 aromatic carbocycles. The van der Waals surface area contributed by atoms with E-state index in [4.69, 9.17) is 4.18 Å². The Balaban J connectivity index is 1.94. The van der Waals surface area contributed by atoms with Gasteiger partial charge in [0.1, 0.15) is 4.90 Å². The van der Waals surface area contributed by atoms with Crippen molar-refractivity contribution in [3.8, 4) is 0 Å². The third-order valence-electron chi connectivity index (χ3n) is 3.19. The molecule has 3 rings (SSSR count). The van der Waals surface area contributed by atoms with Crippen LogP contribution < -0.4 is 0 Å². The third-order valence-corrected chi connectivity index (χ3v) is 5.54. The number of hydrogen-bond donors (Lipinski definition) is 0. The third kappa shape index (κ3) is 3.13. The second kappa shape index (κ2) is 6.31. The van der Waals surface area contributed by atoms with E-state index in [-0.39, 0.29) is 11.5 Å². The molecule has 0 saturated heterocycles. The summed E-state index contributed by atoms with van der Waals surface area (Å²) in [5, 5.41) is 0.765. The minimum atomic E-state index is -3.87. The van der Waals surface area contributed by atoms with Crippen LogP contribution in [0.1, 0.15) is 5.56 Å². The topological polar surface area (TPSA) is 56.3 Å². The molecule has 0 radical (unpaired) electrons. The Hall–Kier alpha value is -1.51. The molecule has 3 aromatic rings. The Morgan fingerprint density at radius 1 is 1.00 bits per heavy atom. The highest BCUT2D eigenvalue weighted by molar-refractivity contribution is 14.1. The van der Waals surface area contributed by atoms with Crippen molar-refractivity contribution < 1.29 is 12.6 Å². The molecule has 1 heterocycles. The van der Waals surface area contributed by atoms with E-state index >= 15 is 0 Å². The molecule has 0 amide bonds. The van der Waals surface area contributed by atoms with Crippen molar-refractivity contribution in [2.24, 2.45) is 0 Å². The average Bonchev–Trinajstić information content (AvgIpc) is 2.53. The molecule has 0 bridgehead atoms. The Kier molecular flexibility index (Phi) is 4.42. The van der Waals surface area contributed by atoms with Crippen LogP contribution in [0.15, 0.2) is 65.7 Å². The fraction of sp³-hybridized carbons (Fsp3) is 0.0625. The molecular formula is C16H12INO3S. The normalized spacial score (nSPS) is 11.7. The van der Waals surface area contributed by atoms with E-state index < -0.39 is 10.1 Å². The number of benzene rings is 2. The standard InChI is InChI=1S/C16H12INO3S/c17-14-8-2-1-5-13(14)11-21-22(19,20)15-9-3-6-12-7-4-10-18-16(12)15/h1-10H,11H2. The maximum atomic E-state index is 12.5. The first-order chi connectivity index (χ1) is 10.6. The number of rotatable bonds is 4. The molecule has 0 atom stereocenters. The van der Waals surface area contributed by atoms with E-state index in [1.54, 1.807) is 18.3 Å². The molecule has 22 heavy (non-hydrogen) atoms. The van der Waals surface area contributed by atoms with E-state index in [0.29, 0.717) is 5.52 Å². The van der Waals surface area contributed by atoms with Crippen LogP contribution in [0.4, 0.5) is 0 Å². The van der Waals surface area contributed by atoms with Crippen molar-refractivity contribution in [3.63, 3.8) is 0 Å². The summed E-state index contributed by atoms with van der Waals surface area (Å²) in [6, 6.07) is 16.1. The molecule has 0 saturated carbocycles. The summed E-state index contributed by atoms with van der Waals surface area (Å²) in [5.74, 6) is 0. The van der Waals surface area contributed by atoms with Crippen LogP contribution in [0, 0.1) is 3.57 Å². The van der Waals surface area contributed by atoms with Crippen LogP contribution in [0.3, 0.4) is 0 Å². The van der Waals surface area contributed by atoms with Gasteiger partial charge >= 0.3 is 0 Å². The summed E-state index contributed by atoms with van der Waals surface area (Å²) in [7, 11) is -3.87. The molecular weight excluding hydrogens is 413 g/mol. The minimum Gasteiger partial charge on any atom is -0.261 e. The molecule has 1 aromatic heterocycles. The maximum absolute atomic E-state index is 12.5. The number of pyridine rings is 1. The van der Waals surface area contributed by atoms with Gasteiger partial charge in [0, 0.05) is 15.2 Å². The van der Waals surface area contributed by atoms with E-state index in [0.717, 1.165) is 14.5 Å². The highest BCUT2D eigenvalue weighted by Gasteiger charge is 2.19. The van der Waals surface area contributed by atoms with Gasteiger partial charge in [0.25, 0.3) is 10.1 Å². The van der Waals surface area contributed by atoms with Gasteiger partial charge in [0.05, 0.1) is 12.1 Å². The minimum absolute atomic E-state index is 0.00463. The Bertz CT molecular complexity index is 920. The average molecular weight is 425 g/mol. The van der Waals surface area contributed by atoms with Gasteiger partial charge in [-0.05, 0) is 46.4 Å². The molecule has 6 heteroatoms. The van der Waals surface area contributed by atoms with Crippen molar-refractivity contribution in [1.29, 1.82) is 0 Å². The maximum Gasteiger partial charge on any atom is 0.299 e. The van der Waals surface area contributed by atoms with Gasteiger partial charge in [-0.2, -0.15) is 8.42 Å². The number of aromatic nitrogens is 1. The zero-order chi connectivity index (χ0) is 15.6. The first-order valence-corrected chi connectivity index (χ1v) is 9.03. The van der Waals surface area contributed by atoms with E-state index in [1.165, 1.54) is 6.07 Å². The lowest BCUT2D eigenvalue weighted by Gasteiger charge is -2.09. The van der Waals surface area contributed by atoms with Gasteiger partial charge in [0.2, 0.25) is 0 Å². The molecule has 112 valence electrons. The van der Waals surface area contributed by atoms with Gasteiger partial charge in [-0.25, -0.2) is 0 Å². The second-order valence-corrected chi connectivity index (χ2v) is 7.38. The van der Waals surface area contributed by atoms with Crippen molar-refractivity contribution in [2.45, 2.75) is 11.5 Å². The van der Waals surface area contributed by atoms with Gasteiger partial charge in [-0.1, -0.05) is 36.4 Å². The molecule has 0 spiro atoms. The lowest BCUT2D eigenvalue weighted by Crippen LogP contribution is -2.08. The van der Waals surface area contributed by atoms with Crippen molar-refractivity contribution >= 4 is 43.6 Å². The fourth-order valence-electron chi connectivity index (χ4n) is 2.10. The van der Waals surface area contributed by atoms with Gasteiger partial charge in [-0.15, -0.1) is 0 Å². The van der Waals surface area contributed by atoms with Crippen LogP contribution in [-0.2, 0) is 20.9 Å². The summed E-state index contributed by atoms with van der Waals surface area (Å²) >= 11 is 2.15. The van der Waals surface area contributed by atoms with E-state index in [1.807, 2.05) is 36.4 Å². The van der Waals surface area contributed by atoms with Gasteiger partial charge < -0.3 is 0 Å². The van der Waals surface area contributed by atoms with Crippen LogP contribution in [-0.4, -0.2) is 13.4 Å². The zero-order valence-electron chi connectivity index (χ0n) is 11.4. The molecule has 0 aliphatic heterocycles. The quantitative estimate of drug-likeness (QED) is 0.472. The summed E-state index contributed by atoms with van der Waals surface area (Å²) in [6.07, 6.45) is 1.57. The second-order valence-electron chi connectivity index (χ2n) is 4.64. The fourth-order valence-corrected chi connectivity index (χ4v) is 3.70. The highest BCUT2D eigenvalue weighted by atomic mass is 127. The van der Waals surface area contributed by atoms with Crippen LogP contribution in [0.25, 0.3) is 10.9 Å². The Morgan fingerprint density at radius 3 is 2.59 bits per heavy atom. The molecule has 0 aliphatic carbocycles. The van der Waals surface area contributed by atoms with Crippen LogP contribution >= 0.6 is 22.6 Å². The molecule has 4 nitrogen and oxygen atoms in total. The smallest absolute Gasteiger partial charge is 0.261 e. The number of halogens is 1. The van der Waals surface area contributed by atoms with Gasteiger partial charge in [-0.3, -0.25) is 9.17 Å². The summed E-state index contributed by atoms with van der Waals surface area (Å²) in [6.45, 7) is 0.00463. The number of fused-ring (bicyclic) bond motifs is 1. The zero-order valence-corrected chi connectivity index (χ0v) is 14.4. The number of hydrogen-bond acceptors (Lipinski definition) is 4. The Morgan fingerprint density at radius 2 is 1.77 bits per heavy atom. The van der Waals surface area contributed by atoms with Crippen LogP contribution in [0.5, 0.6) is 0 Å². The SMILES string of the molecule is O=S(=O)(OCc1ccccc1I)c1cccc2cccnc12. The largest absolute Gasteiger partial charge is 0.299 e. The summed E-state index contributed by atoms with van der Waals surface area (Å²) < 4.78 is 31.1. The van der Waals surface area contributed by atoms with E-state index in [9.17, 15) is 8.42 Å². The molecule has 0 N–H and O–H groups in total. The summed E-state index contributed by atoms with van der Waals surface area (Å²) in [5.41, 5.74) is 1.26. The first-order valence-electron chi connectivity index (χ1n) is 6.54. The molecule has 0 aliphatic rings. The van der Waals surface area contributed by atoms with Crippen LogP contribution in [0.2, 0.25) is 0 Å². The van der Waals surface area contributed by atoms with E-state index in [2.05, 4.69) is 27.6 Å². The lowest BCUT2D eigenvalue weighted by atomic mass is 10.2. The molecule has 0 unspecified atom stereocenters. The predicted octanol–water partition coefficient (Wildman–Crippen LogP) is 3.74. The summed E-state index contributed by atoms with van der Waals surface area (Å²) in [4.78, 5) is 4.25. The lowest BCUT2D eigenvalue weighted by molar-refractivity contribution is 0.307. The monoisotopic (exact) mass is 425 g/mol. The Labute approximate surface area is 142 Å². The highest BCUT2D eigenvalue weighted by Crippen LogP contribution is 2.23. The molecule has 0 fully saturated rings. The predicted molar refractivity (Wildman–Crippen MR) is 92.9 cm³/mol. The van der Waals surface area contributed by atoms with Gasteiger partial charge in [0.15, 0.2) is 0 Å².